The monoisotopic (exact) mass is 431 g/mol. The van der Waals surface area contributed by atoms with Gasteiger partial charge in [0, 0.05) is 30.2 Å². The molecule has 3 rings (SSSR count). The van der Waals surface area contributed by atoms with E-state index < -0.39 is 0 Å². The first kappa shape index (κ1) is 21.7. The van der Waals surface area contributed by atoms with Gasteiger partial charge in [0.05, 0.1) is 10.2 Å². The highest BCUT2D eigenvalue weighted by atomic mass is 32.2. The number of rotatable bonds is 10. The fraction of sp³-hybridized carbons (Fsp3) is 0.364. The van der Waals surface area contributed by atoms with Gasteiger partial charge in [0.15, 0.2) is 5.13 Å². The van der Waals surface area contributed by atoms with Gasteiger partial charge in [-0.25, -0.2) is 9.37 Å². The molecule has 0 N–H and O–H groups in total. The molecule has 0 fully saturated rings. The van der Waals surface area contributed by atoms with E-state index in [1.54, 1.807) is 35.2 Å². The maximum absolute atomic E-state index is 13.1. The summed E-state index contributed by atoms with van der Waals surface area (Å²) in [6, 6.07) is 14.4. The Morgan fingerprint density at radius 1 is 1.07 bits per heavy atom. The van der Waals surface area contributed by atoms with Crippen molar-refractivity contribution in [2.45, 2.75) is 25.2 Å². The number of amides is 1. The third-order valence-electron chi connectivity index (χ3n) is 4.75. The summed E-state index contributed by atoms with van der Waals surface area (Å²) in [6.07, 6.45) is 0.413. The second-order valence-electron chi connectivity index (χ2n) is 6.59. The molecule has 154 valence electrons. The molecule has 2 aromatic carbocycles. The summed E-state index contributed by atoms with van der Waals surface area (Å²) in [7, 11) is 0. The van der Waals surface area contributed by atoms with Crippen LogP contribution < -0.4 is 4.90 Å². The van der Waals surface area contributed by atoms with E-state index in [2.05, 4.69) is 18.7 Å². The smallest absolute Gasteiger partial charge is 0.229 e. The topological polar surface area (TPSA) is 36.4 Å². The van der Waals surface area contributed by atoms with Crippen LogP contribution in [0.15, 0.2) is 53.4 Å². The lowest BCUT2D eigenvalue weighted by molar-refractivity contribution is -0.118. The number of carbonyl (C=O) groups excluding carboxylic acids is 1. The number of halogens is 1. The summed E-state index contributed by atoms with van der Waals surface area (Å²) in [5.41, 5.74) is 0.925. The van der Waals surface area contributed by atoms with Crippen molar-refractivity contribution in [2.24, 2.45) is 0 Å². The van der Waals surface area contributed by atoms with Crippen molar-refractivity contribution < 1.29 is 9.18 Å². The molecule has 0 saturated heterocycles. The Bertz CT molecular complexity index is 892. The zero-order valence-electron chi connectivity index (χ0n) is 16.8. The summed E-state index contributed by atoms with van der Waals surface area (Å²) < 4.78 is 14.1. The van der Waals surface area contributed by atoms with Gasteiger partial charge in [0.25, 0.3) is 0 Å². The minimum absolute atomic E-state index is 0.0748. The van der Waals surface area contributed by atoms with Crippen LogP contribution in [0.4, 0.5) is 9.52 Å². The number of thiazole rings is 1. The summed E-state index contributed by atoms with van der Waals surface area (Å²) in [4.78, 5) is 22.9. The Hall–Kier alpha value is -1.96. The van der Waals surface area contributed by atoms with Crippen molar-refractivity contribution in [3.8, 4) is 0 Å². The van der Waals surface area contributed by atoms with E-state index >= 15 is 0 Å². The van der Waals surface area contributed by atoms with E-state index in [4.69, 9.17) is 4.98 Å². The van der Waals surface area contributed by atoms with Gasteiger partial charge < -0.3 is 4.90 Å². The molecule has 3 aromatic rings. The predicted octanol–water partition coefficient (Wildman–Crippen LogP) is 5.29. The zero-order chi connectivity index (χ0) is 20.6. The molecule has 0 saturated carbocycles. The van der Waals surface area contributed by atoms with Gasteiger partial charge in [0.2, 0.25) is 5.91 Å². The Labute approximate surface area is 179 Å². The normalized spacial score (nSPS) is 11.3. The predicted molar refractivity (Wildman–Crippen MR) is 122 cm³/mol. The summed E-state index contributed by atoms with van der Waals surface area (Å²) >= 11 is 3.13. The molecule has 0 unspecified atom stereocenters. The lowest BCUT2D eigenvalue weighted by Crippen LogP contribution is -2.39. The average molecular weight is 432 g/mol. The van der Waals surface area contributed by atoms with Crippen LogP contribution in [0.3, 0.4) is 0 Å². The van der Waals surface area contributed by atoms with E-state index in [-0.39, 0.29) is 11.7 Å². The molecular weight excluding hydrogens is 405 g/mol. The van der Waals surface area contributed by atoms with Gasteiger partial charge in [-0.15, -0.1) is 11.8 Å². The van der Waals surface area contributed by atoms with Crippen LogP contribution in [-0.2, 0) is 4.79 Å². The number of nitrogens with zero attached hydrogens (tertiary/aromatic N) is 3. The lowest BCUT2D eigenvalue weighted by atomic mass is 10.3. The molecule has 4 nitrogen and oxygen atoms in total. The van der Waals surface area contributed by atoms with Gasteiger partial charge in [-0.1, -0.05) is 37.3 Å². The highest BCUT2D eigenvalue weighted by Crippen LogP contribution is 2.29. The van der Waals surface area contributed by atoms with E-state index in [9.17, 15) is 9.18 Å². The largest absolute Gasteiger partial charge is 0.302 e. The average Bonchev–Trinajstić information content (AvgIpc) is 3.16. The zero-order valence-corrected chi connectivity index (χ0v) is 18.4. The highest BCUT2D eigenvalue weighted by Gasteiger charge is 2.20. The fourth-order valence-electron chi connectivity index (χ4n) is 3.01. The molecule has 1 aromatic heterocycles. The summed E-state index contributed by atoms with van der Waals surface area (Å²) in [5, 5.41) is 0.759. The summed E-state index contributed by atoms with van der Waals surface area (Å²) in [5.74, 6) is 0.478. The van der Waals surface area contributed by atoms with Gasteiger partial charge in [-0.2, -0.15) is 0 Å². The summed E-state index contributed by atoms with van der Waals surface area (Å²) in [6.45, 7) is 7.62. The van der Waals surface area contributed by atoms with E-state index in [1.165, 1.54) is 12.1 Å². The number of anilines is 1. The molecule has 1 amide bonds. The van der Waals surface area contributed by atoms with Gasteiger partial charge in [0.1, 0.15) is 5.82 Å². The quantitative estimate of drug-likeness (QED) is 0.409. The lowest BCUT2D eigenvalue weighted by Gasteiger charge is -2.24. The van der Waals surface area contributed by atoms with E-state index in [0.717, 1.165) is 39.9 Å². The molecule has 0 aliphatic carbocycles. The minimum Gasteiger partial charge on any atom is -0.302 e. The first-order chi connectivity index (χ1) is 14.1. The van der Waals surface area contributed by atoms with Crippen LogP contribution in [0.5, 0.6) is 0 Å². The van der Waals surface area contributed by atoms with Crippen LogP contribution >= 0.6 is 23.1 Å². The van der Waals surface area contributed by atoms with Crippen LogP contribution in [0, 0.1) is 5.82 Å². The van der Waals surface area contributed by atoms with Crippen LogP contribution in [0.2, 0.25) is 0 Å². The van der Waals surface area contributed by atoms with Crippen molar-refractivity contribution in [3.63, 3.8) is 0 Å². The van der Waals surface area contributed by atoms with Crippen LogP contribution in [0.25, 0.3) is 10.2 Å². The number of carbonyl (C=O) groups is 1. The Morgan fingerprint density at radius 2 is 1.79 bits per heavy atom. The number of thioether (sulfide) groups is 1. The fourth-order valence-corrected chi connectivity index (χ4v) is 4.86. The number of para-hydroxylation sites is 1. The third-order valence-corrected chi connectivity index (χ3v) is 6.82. The molecule has 0 aliphatic heterocycles. The number of fused-ring (bicyclic) bond motifs is 1. The van der Waals surface area contributed by atoms with E-state index in [0.29, 0.717) is 18.7 Å². The van der Waals surface area contributed by atoms with Gasteiger partial charge in [-0.05, 0) is 49.5 Å². The first-order valence-corrected chi connectivity index (χ1v) is 11.7. The molecule has 29 heavy (non-hydrogen) atoms. The molecule has 0 atom stereocenters. The number of hydrogen-bond acceptors (Lipinski definition) is 5. The van der Waals surface area contributed by atoms with Crippen molar-refractivity contribution in [2.75, 3.05) is 36.8 Å². The number of hydrogen-bond donors (Lipinski definition) is 0. The Morgan fingerprint density at radius 3 is 2.48 bits per heavy atom. The second kappa shape index (κ2) is 10.7. The van der Waals surface area contributed by atoms with Gasteiger partial charge in [-0.3, -0.25) is 9.69 Å². The minimum atomic E-state index is -0.246. The molecule has 7 heteroatoms. The number of likely N-dealkylation sites (N-methyl/N-ethyl adjacent to an activating group) is 1. The van der Waals surface area contributed by atoms with Crippen molar-refractivity contribution in [1.82, 2.24) is 9.88 Å². The van der Waals surface area contributed by atoms with Crippen molar-refractivity contribution in [1.29, 1.82) is 0 Å². The molecule has 0 spiro atoms. The maximum Gasteiger partial charge on any atom is 0.229 e. The van der Waals surface area contributed by atoms with Crippen LogP contribution in [-0.4, -0.2) is 47.7 Å². The molecule has 1 heterocycles. The molecule has 0 aliphatic rings. The molecule has 0 radical (unpaired) electrons. The Balaban J connectivity index is 1.68. The molecule has 0 bridgehead atoms. The molecular formula is C22H26FN3OS2. The standard InChI is InChI=1S/C22H26FN3OS2/c1-3-25(4-2)14-15-26(22-24-19-7-5-6-8-20(19)29-22)21(27)13-16-28-18-11-9-17(23)10-12-18/h5-12H,3-4,13-16H2,1-2H3. The van der Waals surface area contributed by atoms with Crippen molar-refractivity contribution in [3.05, 3.63) is 54.3 Å². The third kappa shape index (κ3) is 6.01. The van der Waals surface area contributed by atoms with E-state index in [1.807, 2.05) is 29.2 Å². The highest BCUT2D eigenvalue weighted by molar-refractivity contribution is 7.99. The number of aromatic nitrogens is 1. The van der Waals surface area contributed by atoms with Crippen LogP contribution in [0.1, 0.15) is 20.3 Å². The first-order valence-electron chi connectivity index (χ1n) is 9.87. The Kier molecular flexibility index (Phi) is 8.03. The van der Waals surface area contributed by atoms with Gasteiger partial charge >= 0.3 is 0 Å². The maximum atomic E-state index is 13.1. The number of benzene rings is 2. The second-order valence-corrected chi connectivity index (χ2v) is 8.77. The van der Waals surface area contributed by atoms with Crippen molar-refractivity contribution >= 4 is 44.4 Å². The SMILES string of the molecule is CCN(CC)CCN(C(=O)CCSc1ccc(F)cc1)c1nc2ccccc2s1.